The summed E-state index contributed by atoms with van der Waals surface area (Å²) in [4.78, 5) is 26.4. The monoisotopic (exact) mass is 370 g/mol. The number of nitrogens with one attached hydrogen (secondary N) is 1. The van der Waals surface area contributed by atoms with Gasteiger partial charge in [0.05, 0.1) is 13.7 Å². The molecule has 144 valence electrons. The summed E-state index contributed by atoms with van der Waals surface area (Å²) < 4.78 is 10.7. The first-order valence-electron chi connectivity index (χ1n) is 9.03. The van der Waals surface area contributed by atoms with Gasteiger partial charge in [0, 0.05) is 24.2 Å². The number of amides is 2. The van der Waals surface area contributed by atoms with Gasteiger partial charge in [-0.25, -0.2) is 0 Å². The van der Waals surface area contributed by atoms with Crippen LogP contribution in [0, 0.1) is 0 Å². The lowest BCUT2D eigenvalue weighted by Gasteiger charge is -2.18. The molecule has 0 saturated heterocycles. The minimum Gasteiger partial charge on any atom is -0.497 e. The van der Waals surface area contributed by atoms with Crippen LogP contribution in [0.15, 0.2) is 48.5 Å². The van der Waals surface area contributed by atoms with Gasteiger partial charge in [0.1, 0.15) is 18.1 Å². The van der Waals surface area contributed by atoms with Gasteiger partial charge in [-0.1, -0.05) is 6.07 Å². The molecule has 0 aliphatic rings. The summed E-state index contributed by atoms with van der Waals surface area (Å²) in [5.74, 6) is 1.16. The smallest absolute Gasteiger partial charge is 0.253 e. The van der Waals surface area contributed by atoms with Crippen LogP contribution >= 0.6 is 0 Å². The number of ether oxygens (including phenoxy) is 2. The average molecular weight is 370 g/mol. The number of hydrogen-bond donors (Lipinski definition) is 1. The number of carbonyl (C=O) groups excluding carboxylic acids is 2. The van der Waals surface area contributed by atoms with Crippen molar-refractivity contribution in [2.24, 2.45) is 0 Å². The summed E-state index contributed by atoms with van der Waals surface area (Å²) in [7, 11) is 1.61. The van der Waals surface area contributed by atoms with Crippen LogP contribution in [-0.4, -0.2) is 50.1 Å². The van der Waals surface area contributed by atoms with E-state index in [0.717, 1.165) is 5.75 Å². The normalized spacial score (nSPS) is 10.2. The lowest BCUT2D eigenvalue weighted by Crippen LogP contribution is -2.31. The number of benzene rings is 2. The Morgan fingerprint density at radius 1 is 0.963 bits per heavy atom. The minimum absolute atomic E-state index is 0.0718. The summed E-state index contributed by atoms with van der Waals surface area (Å²) in [6.45, 7) is 5.83. The van der Waals surface area contributed by atoms with E-state index in [1.54, 1.807) is 36.3 Å². The molecule has 2 aromatic carbocycles. The first-order chi connectivity index (χ1) is 13.1. The standard InChI is InChI=1S/C21H26N2O4/c1-4-23(5-2)21(25)17-8-6-7-16(15-17)20(24)22-13-14-27-19-11-9-18(26-3)10-12-19/h6-12,15H,4-5,13-14H2,1-3H3,(H,22,24). The van der Waals surface area contributed by atoms with Crippen molar-refractivity contribution in [1.29, 1.82) is 0 Å². The third-order valence-corrected chi connectivity index (χ3v) is 4.14. The van der Waals surface area contributed by atoms with Crippen LogP contribution < -0.4 is 14.8 Å². The van der Waals surface area contributed by atoms with E-state index < -0.39 is 0 Å². The quantitative estimate of drug-likeness (QED) is 0.689. The molecular weight excluding hydrogens is 344 g/mol. The number of carbonyl (C=O) groups is 2. The van der Waals surface area contributed by atoms with Crippen molar-refractivity contribution in [3.05, 3.63) is 59.7 Å². The Hall–Kier alpha value is -3.02. The highest BCUT2D eigenvalue weighted by Crippen LogP contribution is 2.16. The van der Waals surface area contributed by atoms with Crippen LogP contribution in [0.1, 0.15) is 34.6 Å². The Kier molecular flexibility index (Phi) is 7.67. The number of rotatable bonds is 9. The molecule has 1 N–H and O–H groups in total. The highest BCUT2D eigenvalue weighted by Gasteiger charge is 2.14. The van der Waals surface area contributed by atoms with E-state index in [1.165, 1.54) is 0 Å². The van der Waals surface area contributed by atoms with Gasteiger partial charge in [-0.2, -0.15) is 0 Å². The van der Waals surface area contributed by atoms with E-state index in [1.807, 2.05) is 38.1 Å². The fourth-order valence-corrected chi connectivity index (χ4v) is 2.59. The summed E-state index contributed by atoms with van der Waals surface area (Å²) in [6, 6.07) is 14.0. The zero-order chi connectivity index (χ0) is 19.6. The lowest BCUT2D eigenvalue weighted by molar-refractivity contribution is 0.0773. The summed E-state index contributed by atoms with van der Waals surface area (Å²) in [5.41, 5.74) is 0.971. The van der Waals surface area contributed by atoms with Crippen LogP contribution in [0.3, 0.4) is 0 Å². The van der Waals surface area contributed by atoms with Crippen LogP contribution in [0.2, 0.25) is 0 Å². The van der Waals surface area contributed by atoms with Crippen molar-refractivity contribution in [2.75, 3.05) is 33.4 Å². The van der Waals surface area contributed by atoms with E-state index in [4.69, 9.17) is 9.47 Å². The van der Waals surface area contributed by atoms with Crippen molar-refractivity contribution in [3.8, 4) is 11.5 Å². The highest BCUT2D eigenvalue weighted by molar-refractivity contribution is 5.99. The van der Waals surface area contributed by atoms with Gasteiger partial charge < -0.3 is 19.7 Å². The highest BCUT2D eigenvalue weighted by atomic mass is 16.5. The summed E-state index contributed by atoms with van der Waals surface area (Å²) in [5, 5.41) is 2.80. The fourth-order valence-electron chi connectivity index (χ4n) is 2.59. The van der Waals surface area contributed by atoms with Crippen molar-refractivity contribution in [2.45, 2.75) is 13.8 Å². The van der Waals surface area contributed by atoms with E-state index in [0.29, 0.717) is 43.1 Å². The van der Waals surface area contributed by atoms with E-state index in [-0.39, 0.29) is 11.8 Å². The second-order valence-corrected chi connectivity index (χ2v) is 5.84. The molecule has 6 nitrogen and oxygen atoms in total. The SMILES string of the molecule is CCN(CC)C(=O)c1cccc(C(=O)NCCOc2ccc(OC)cc2)c1. The van der Waals surface area contributed by atoms with Crippen LogP contribution in [0.25, 0.3) is 0 Å². The molecule has 2 aromatic rings. The Labute approximate surface area is 160 Å². The zero-order valence-electron chi connectivity index (χ0n) is 16.0. The molecule has 2 rings (SSSR count). The maximum Gasteiger partial charge on any atom is 0.253 e. The Bertz CT molecular complexity index is 755. The van der Waals surface area contributed by atoms with Crippen LogP contribution in [-0.2, 0) is 0 Å². The topological polar surface area (TPSA) is 67.9 Å². The molecule has 0 radical (unpaired) electrons. The van der Waals surface area contributed by atoms with Crippen LogP contribution in [0.5, 0.6) is 11.5 Å². The molecule has 0 spiro atoms. The fraction of sp³-hybridized carbons (Fsp3) is 0.333. The first kappa shape index (κ1) is 20.3. The number of nitrogens with zero attached hydrogens (tertiary/aromatic N) is 1. The average Bonchev–Trinajstić information content (AvgIpc) is 2.72. The Morgan fingerprint density at radius 2 is 1.59 bits per heavy atom. The Morgan fingerprint density at radius 3 is 2.22 bits per heavy atom. The molecule has 0 fully saturated rings. The van der Waals surface area contributed by atoms with Crippen LogP contribution in [0.4, 0.5) is 0 Å². The third kappa shape index (κ3) is 5.74. The molecule has 0 heterocycles. The Balaban J connectivity index is 1.86. The minimum atomic E-state index is -0.234. The molecular formula is C21H26N2O4. The molecule has 0 aliphatic heterocycles. The second kappa shape index (κ2) is 10.2. The molecule has 0 saturated carbocycles. The number of methoxy groups -OCH3 is 1. The van der Waals surface area contributed by atoms with E-state index in [2.05, 4.69) is 5.32 Å². The van der Waals surface area contributed by atoms with Gasteiger partial charge in [0.15, 0.2) is 0 Å². The second-order valence-electron chi connectivity index (χ2n) is 5.84. The van der Waals surface area contributed by atoms with Gasteiger partial charge in [-0.15, -0.1) is 0 Å². The molecule has 0 aromatic heterocycles. The molecule has 0 unspecified atom stereocenters. The molecule has 6 heteroatoms. The molecule has 0 bridgehead atoms. The van der Waals surface area contributed by atoms with Gasteiger partial charge in [0.25, 0.3) is 11.8 Å². The molecule has 27 heavy (non-hydrogen) atoms. The van der Waals surface area contributed by atoms with E-state index in [9.17, 15) is 9.59 Å². The first-order valence-corrected chi connectivity index (χ1v) is 9.03. The van der Waals surface area contributed by atoms with Crippen molar-refractivity contribution in [1.82, 2.24) is 10.2 Å². The van der Waals surface area contributed by atoms with E-state index >= 15 is 0 Å². The maximum absolute atomic E-state index is 12.4. The molecule has 0 atom stereocenters. The van der Waals surface area contributed by atoms with Crippen molar-refractivity contribution in [3.63, 3.8) is 0 Å². The van der Waals surface area contributed by atoms with Gasteiger partial charge in [-0.05, 0) is 56.3 Å². The van der Waals surface area contributed by atoms with Gasteiger partial charge in [0.2, 0.25) is 0 Å². The summed E-state index contributed by atoms with van der Waals surface area (Å²) >= 11 is 0. The zero-order valence-corrected chi connectivity index (χ0v) is 16.0. The lowest BCUT2D eigenvalue weighted by atomic mass is 10.1. The maximum atomic E-state index is 12.4. The predicted molar refractivity (Wildman–Crippen MR) is 105 cm³/mol. The number of hydrogen-bond acceptors (Lipinski definition) is 4. The third-order valence-electron chi connectivity index (χ3n) is 4.14. The predicted octanol–water partition coefficient (Wildman–Crippen LogP) is 2.99. The summed E-state index contributed by atoms with van der Waals surface area (Å²) in [6.07, 6.45) is 0. The van der Waals surface area contributed by atoms with Gasteiger partial charge >= 0.3 is 0 Å². The largest absolute Gasteiger partial charge is 0.497 e. The van der Waals surface area contributed by atoms with Gasteiger partial charge in [-0.3, -0.25) is 9.59 Å². The molecule has 0 aliphatic carbocycles. The molecule has 2 amide bonds. The van der Waals surface area contributed by atoms with Crippen molar-refractivity contribution >= 4 is 11.8 Å². The van der Waals surface area contributed by atoms with Crippen molar-refractivity contribution < 1.29 is 19.1 Å².